The van der Waals surface area contributed by atoms with Crippen LogP contribution in [-0.4, -0.2) is 10.3 Å². The molecule has 1 nitrogen and oxygen atoms in total. The quantitative estimate of drug-likeness (QED) is 0.437. The van der Waals surface area contributed by atoms with E-state index in [1.807, 2.05) is 0 Å². The summed E-state index contributed by atoms with van der Waals surface area (Å²) in [7, 11) is 0. The van der Waals surface area contributed by atoms with Gasteiger partial charge < -0.3 is 4.55 Å². The summed E-state index contributed by atoms with van der Waals surface area (Å²) in [5.41, 5.74) is 0. The normalized spacial score (nSPS) is 13.7. The van der Waals surface area contributed by atoms with Gasteiger partial charge in [-0.3, -0.25) is 0 Å². The largest absolute Gasteiger partial charge is 0.581 e. The van der Waals surface area contributed by atoms with Crippen molar-refractivity contribution in [2.45, 2.75) is 32.6 Å². The highest BCUT2D eigenvalue weighted by atomic mass is 32.3. The van der Waals surface area contributed by atoms with Crippen LogP contribution in [-0.2, 0) is 11.6 Å². The van der Waals surface area contributed by atoms with Crippen LogP contribution >= 0.6 is 0 Å². The average molecular weight is 152 g/mol. The van der Waals surface area contributed by atoms with Crippen molar-refractivity contribution in [3.8, 4) is 0 Å². The molecule has 56 valence electrons. The van der Waals surface area contributed by atoms with Gasteiger partial charge in [0.15, 0.2) is 11.6 Å². The van der Waals surface area contributed by atoms with Gasteiger partial charge in [0, 0.05) is 3.89 Å². The van der Waals surface area contributed by atoms with Gasteiger partial charge in [-0.1, -0.05) is 19.8 Å². The van der Waals surface area contributed by atoms with Crippen LogP contribution < -0.4 is 0 Å². The molecule has 0 aliphatic rings. The highest BCUT2D eigenvalue weighted by molar-refractivity contribution is 7.86. The first-order valence-corrected chi connectivity index (χ1v) is 4.54. The van der Waals surface area contributed by atoms with E-state index < -0.39 is 11.6 Å². The molecule has 1 unspecified atom stereocenters. The van der Waals surface area contributed by atoms with Gasteiger partial charge in [-0.05, 0) is 12.8 Å². The Balaban J connectivity index is 2.75. The number of halogens is 1. The Labute approximate surface area is 59.1 Å². The lowest BCUT2D eigenvalue weighted by Crippen LogP contribution is -1.97. The van der Waals surface area contributed by atoms with Crippen LogP contribution in [0.25, 0.3) is 0 Å². The smallest absolute Gasteiger partial charge is 0.177 e. The topological polar surface area (TPSA) is 23.1 Å². The minimum atomic E-state index is -2.07. The first-order chi connectivity index (χ1) is 4.27. The maximum Gasteiger partial charge on any atom is 0.177 e. The van der Waals surface area contributed by atoms with Crippen LogP contribution in [0.2, 0.25) is 0 Å². The van der Waals surface area contributed by atoms with Gasteiger partial charge in [0.05, 0.1) is 0 Å². The molecule has 3 heteroatoms. The lowest BCUT2D eigenvalue weighted by atomic mass is 10.2. The molecule has 9 heavy (non-hydrogen) atoms. The molecule has 0 spiro atoms. The molecule has 0 aromatic carbocycles. The van der Waals surface area contributed by atoms with Crippen LogP contribution in [0.15, 0.2) is 0 Å². The zero-order chi connectivity index (χ0) is 7.11. The maximum absolute atomic E-state index is 11.6. The van der Waals surface area contributed by atoms with E-state index in [-0.39, 0.29) is 5.75 Å². The van der Waals surface area contributed by atoms with Crippen molar-refractivity contribution in [3.63, 3.8) is 0 Å². The van der Waals surface area contributed by atoms with Gasteiger partial charge in [-0.15, -0.1) is 0 Å². The Hall–Kier alpha value is 0.240. The first kappa shape index (κ1) is 9.24. The summed E-state index contributed by atoms with van der Waals surface area (Å²) >= 11 is -2.07. The van der Waals surface area contributed by atoms with Crippen LogP contribution in [0, 0.1) is 0 Å². The van der Waals surface area contributed by atoms with Crippen molar-refractivity contribution in [2.24, 2.45) is 0 Å². The fraction of sp³-hybridized carbons (Fsp3) is 1.00. The molecule has 0 rings (SSSR count). The van der Waals surface area contributed by atoms with E-state index in [4.69, 9.17) is 0 Å². The van der Waals surface area contributed by atoms with E-state index in [9.17, 15) is 8.44 Å². The number of rotatable bonds is 5. The van der Waals surface area contributed by atoms with Gasteiger partial charge in [0.2, 0.25) is 0 Å². The molecular formula is C6H13FOS. The maximum atomic E-state index is 11.6. The fourth-order valence-electron chi connectivity index (χ4n) is 0.642. The molecule has 0 aromatic heterocycles. The molecule has 0 amide bonds. The number of hydrogen-bond acceptors (Lipinski definition) is 1. The zero-order valence-electron chi connectivity index (χ0n) is 5.73. The predicted octanol–water partition coefficient (Wildman–Crippen LogP) is 2.20. The number of hydrogen-bond donors (Lipinski definition) is 0. The lowest BCUT2D eigenvalue weighted by Gasteiger charge is -1.96. The standard InChI is InChI=1S/C6H13FOS/c1-2-3-4-5-6-9(7)8/h2-6H2,1H3. The first-order valence-electron chi connectivity index (χ1n) is 3.32. The van der Waals surface area contributed by atoms with E-state index in [1.165, 1.54) is 0 Å². The summed E-state index contributed by atoms with van der Waals surface area (Å²) in [4.78, 5) is 0. The van der Waals surface area contributed by atoms with E-state index in [1.54, 1.807) is 0 Å². The molecule has 0 saturated carbocycles. The van der Waals surface area contributed by atoms with Gasteiger partial charge in [-0.25, -0.2) is 0 Å². The minimum absolute atomic E-state index is 0.222. The molecule has 0 heterocycles. The predicted molar refractivity (Wildman–Crippen MR) is 38.3 cm³/mol. The molecule has 1 atom stereocenters. The third kappa shape index (κ3) is 8.24. The Morgan fingerprint density at radius 1 is 1.33 bits per heavy atom. The van der Waals surface area contributed by atoms with Crippen molar-refractivity contribution in [1.29, 1.82) is 0 Å². The minimum Gasteiger partial charge on any atom is -0.581 e. The zero-order valence-corrected chi connectivity index (χ0v) is 6.55. The summed E-state index contributed by atoms with van der Waals surface area (Å²) in [6.45, 7) is 2.09. The van der Waals surface area contributed by atoms with Crippen LogP contribution in [0.5, 0.6) is 0 Å². The molecule has 0 N–H and O–H groups in total. The molecule has 0 fully saturated rings. The van der Waals surface area contributed by atoms with Crippen molar-refractivity contribution < 1.29 is 8.44 Å². The molecule has 0 bridgehead atoms. The summed E-state index contributed by atoms with van der Waals surface area (Å²) in [6, 6.07) is 0. The number of unbranched alkanes of at least 4 members (excludes halogenated alkanes) is 3. The third-order valence-electron chi connectivity index (χ3n) is 1.16. The van der Waals surface area contributed by atoms with Gasteiger partial charge in [0.1, 0.15) is 5.75 Å². The molecule has 0 aromatic rings. The summed E-state index contributed by atoms with van der Waals surface area (Å²) in [5.74, 6) is 0.222. The molecule has 0 radical (unpaired) electrons. The Bertz CT molecular complexity index is 59.0. The molecule has 0 saturated heterocycles. The van der Waals surface area contributed by atoms with E-state index in [2.05, 4.69) is 6.92 Å². The average Bonchev–Trinajstić information content (AvgIpc) is 1.80. The van der Waals surface area contributed by atoms with Crippen molar-refractivity contribution in [3.05, 3.63) is 0 Å². The molecular weight excluding hydrogens is 139 g/mol. The monoisotopic (exact) mass is 152 g/mol. The second-order valence-corrected chi connectivity index (χ2v) is 3.04. The molecule has 0 aliphatic heterocycles. The lowest BCUT2D eigenvalue weighted by molar-refractivity contribution is 0.545. The summed E-state index contributed by atoms with van der Waals surface area (Å²) in [5, 5.41) is 0. The van der Waals surface area contributed by atoms with Crippen LogP contribution in [0.4, 0.5) is 3.89 Å². The fourth-order valence-corrected chi connectivity index (χ4v) is 1.07. The Kier molecular flexibility index (Phi) is 6.53. The summed E-state index contributed by atoms with van der Waals surface area (Å²) in [6.07, 6.45) is 4.03. The second-order valence-electron chi connectivity index (χ2n) is 2.05. The van der Waals surface area contributed by atoms with Crippen LogP contribution in [0.1, 0.15) is 32.6 Å². The van der Waals surface area contributed by atoms with Crippen molar-refractivity contribution in [1.82, 2.24) is 0 Å². The Morgan fingerprint density at radius 3 is 2.44 bits per heavy atom. The molecule has 0 aliphatic carbocycles. The van der Waals surface area contributed by atoms with E-state index in [0.29, 0.717) is 0 Å². The van der Waals surface area contributed by atoms with Gasteiger partial charge in [0.25, 0.3) is 0 Å². The van der Waals surface area contributed by atoms with Gasteiger partial charge in [-0.2, -0.15) is 0 Å². The van der Waals surface area contributed by atoms with Gasteiger partial charge >= 0.3 is 0 Å². The highest BCUT2D eigenvalue weighted by Gasteiger charge is 2.01. The third-order valence-corrected chi connectivity index (χ3v) is 1.77. The van der Waals surface area contributed by atoms with Crippen molar-refractivity contribution in [2.75, 3.05) is 5.75 Å². The van der Waals surface area contributed by atoms with E-state index >= 15 is 0 Å². The van der Waals surface area contributed by atoms with Crippen molar-refractivity contribution >= 4 is 11.6 Å². The highest BCUT2D eigenvalue weighted by Crippen LogP contribution is 2.02. The van der Waals surface area contributed by atoms with Crippen LogP contribution in [0.3, 0.4) is 0 Å². The second kappa shape index (κ2) is 6.36. The van der Waals surface area contributed by atoms with E-state index in [0.717, 1.165) is 25.7 Å². The SMILES string of the molecule is CCCCCC[S+]([O-])F. The Morgan fingerprint density at radius 2 is 2.00 bits per heavy atom. The summed E-state index contributed by atoms with van der Waals surface area (Å²) < 4.78 is 21.5.